The summed E-state index contributed by atoms with van der Waals surface area (Å²) < 4.78 is 12.7. The lowest BCUT2D eigenvalue weighted by Crippen LogP contribution is -2.15. The van der Waals surface area contributed by atoms with Crippen molar-refractivity contribution in [2.75, 3.05) is 11.9 Å². The fourth-order valence-corrected chi connectivity index (χ4v) is 1.64. The van der Waals surface area contributed by atoms with Gasteiger partial charge < -0.3 is 4.90 Å². The maximum Gasteiger partial charge on any atom is 0.123 e. The van der Waals surface area contributed by atoms with Gasteiger partial charge in [-0.15, -0.1) is 0 Å². The van der Waals surface area contributed by atoms with E-state index in [0.29, 0.717) is 0 Å². The van der Waals surface area contributed by atoms with E-state index in [1.807, 2.05) is 37.4 Å². The van der Waals surface area contributed by atoms with Crippen molar-refractivity contribution in [3.63, 3.8) is 0 Å². The number of rotatable bonds is 3. The lowest BCUT2D eigenvalue weighted by atomic mass is 10.2. The Labute approximate surface area is 95.1 Å². The van der Waals surface area contributed by atoms with Crippen LogP contribution in [0.4, 0.5) is 10.1 Å². The molecule has 2 rings (SSSR count). The third kappa shape index (κ3) is 2.60. The Morgan fingerprint density at radius 3 is 2.19 bits per heavy atom. The molecule has 2 heteroatoms. The lowest BCUT2D eigenvalue weighted by Gasteiger charge is -2.19. The molecule has 0 radical (unpaired) electrons. The zero-order valence-electron chi connectivity index (χ0n) is 9.23. The van der Waals surface area contributed by atoms with Crippen LogP contribution in [-0.2, 0) is 6.54 Å². The molecular formula is C14H14FN. The average Bonchev–Trinajstić information content (AvgIpc) is 2.33. The topological polar surface area (TPSA) is 3.24 Å². The van der Waals surface area contributed by atoms with Crippen LogP contribution in [0.1, 0.15) is 5.56 Å². The molecule has 0 aliphatic heterocycles. The molecule has 16 heavy (non-hydrogen) atoms. The van der Waals surface area contributed by atoms with Crippen LogP contribution in [0.3, 0.4) is 0 Å². The fraction of sp³-hybridized carbons (Fsp3) is 0.143. The number of para-hydroxylation sites is 1. The van der Waals surface area contributed by atoms with Crippen LogP contribution in [0.15, 0.2) is 54.6 Å². The van der Waals surface area contributed by atoms with E-state index in [9.17, 15) is 4.39 Å². The van der Waals surface area contributed by atoms with E-state index >= 15 is 0 Å². The van der Waals surface area contributed by atoms with Gasteiger partial charge in [0.05, 0.1) is 0 Å². The monoisotopic (exact) mass is 215 g/mol. The van der Waals surface area contributed by atoms with E-state index < -0.39 is 0 Å². The molecule has 1 nitrogen and oxygen atoms in total. The molecule has 2 aromatic carbocycles. The van der Waals surface area contributed by atoms with Gasteiger partial charge in [-0.05, 0) is 29.8 Å². The third-order valence-corrected chi connectivity index (χ3v) is 2.53. The minimum atomic E-state index is -0.189. The van der Waals surface area contributed by atoms with Gasteiger partial charge in [-0.25, -0.2) is 4.39 Å². The molecular weight excluding hydrogens is 201 g/mol. The van der Waals surface area contributed by atoms with Gasteiger partial charge in [0, 0.05) is 19.3 Å². The minimum absolute atomic E-state index is 0.189. The number of halogens is 1. The fourth-order valence-electron chi connectivity index (χ4n) is 1.64. The summed E-state index contributed by atoms with van der Waals surface area (Å²) in [5.41, 5.74) is 2.26. The summed E-state index contributed by atoms with van der Waals surface area (Å²) in [7, 11) is 2.03. The molecule has 0 aromatic heterocycles. The van der Waals surface area contributed by atoms with Crippen molar-refractivity contribution in [3.05, 3.63) is 66.0 Å². The molecule has 0 saturated carbocycles. The van der Waals surface area contributed by atoms with Crippen molar-refractivity contribution >= 4 is 5.69 Å². The van der Waals surface area contributed by atoms with Crippen LogP contribution in [0, 0.1) is 5.82 Å². The Balaban J connectivity index is 2.08. The van der Waals surface area contributed by atoms with Crippen molar-refractivity contribution in [2.45, 2.75) is 6.54 Å². The minimum Gasteiger partial charge on any atom is -0.370 e. The highest BCUT2D eigenvalue weighted by Gasteiger charge is 2.01. The molecule has 0 aliphatic carbocycles. The van der Waals surface area contributed by atoms with Gasteiger partial charge in [0.15, 0.2) is 0 Å². The maximum absolute atomic E-state index is 12.7. The Kier molecular flexibility index (Phi) is 3.20. The second-order valence-corrected chi connectivity index (χ2v) is 3.82. The number of hydrogen-bond donors (Lipinski definition) is 0. The highest BCUT2D eigenvalue weighted by molar-refractivity contribution is 5.45. The zero-order valence-corrected chi connectivity index (χ0v) is 9.23. The third-order valence-electron chi connectivity index (χ3n) is 2.53. The molecule has 0 fully saturated rings. The van der Waals surface area contributed by atoms with E-state index in [-0.39, 0.29) is 5.82 Å². The predicted octanol–water partition coefficient (Wildman–Crippen LogP) is 3.46. The number of anilines is 1. The maximum atomic E-state index is 12.7. The highest BCUT2D eigenvalue weighted by Crippen LogP contribution is 2.14. The first-order valence-corrected chi connectivity index (χ1v) is 5.26. The summed E-state index contributed by atoms with van der Waals surface area (Å²) in [5.74, 6) is -0.189. The first-order chi connectivity index (χ1) is 7.75. The summed E-state index contributed by atoms with van der Waals surface area (Å²) in [5, 5.41) is 0. The number of hydrogen-bond acceptors (Lipinski definition) is 1. The second kappa shape index (κ2) is 4.79. The number of nitrogens with zero attached hydrogens (tertiary/aromatic N) is 1. The average molecular weight is 215 g/mol. The Morgan fingerprint density at radius 1 is 0.938 bits per heavy atom. The van der Waals surface area contributed by atoms with Crippen LogP contribution in [0.2, 0.25) is 0 Å². The Bertz CT molecular complexity index is 436. The van der Waals surface area contributed by atoms with Crippen LogP contribution in [0.25, 0.3) is 0 Å². The highest BCUT2D eigenvalue weighted by atomic mass is 19.1. The van der Waals surface area contributed by atoms with Crippen LogP contribution >= 0.6 is 0 Å². The number of benzene rings is 2. The molecule has 82 valence electrons. The summed E-state index contributed by atoms with van der Waals surface area (Å²) in [6, 6.07) is 16.8. The van der Waals surface area contributed by atoms with Crippen molar-refractivity contribution in [1.82, 2.24) is 0 Å². The van der Waals surface area contributed by atoms with Crippen molar-refractivity contribution < 1.29 is 4.39 Å². The van der Waals surface area contributed by atoms with Gasteiger partial charge in [-0.3, -0.25) is 0 Å². The quantitative estimate of drug-likeness (QED) is 0.757. The van der Waals surface area contributed by atoms with Gasteiger partial charge in [0.2, 0.25) is 0 Å². The van der Waals surface area contributed by atoms with Gasteiger partial charge >= 0.3 is 0 Å². The molecule has 0 heterocycles. The summed E-state index contributed by atoms with van der Waals surface area (Å²) in [4.78, 5) is 2.13. The summed E-state index contributed by atoms with van der Waals surface area (Å²) >= 11 is 0. The second-order valence-electron chi connectivity index (χ2n) is 3.82. The van der Waals surface area contributed by atoms with E-state index in [1.165, 1.54) is 12.1 Å². The lowest BCUT2D eigenvalue weighted by molar-refractivity contribution is 0.627. The molecule has 0 N–H and O–H groups in total. The van der Waals surface area contributed by atoms with Crippen molar-refractivity contribution in [2.24, 2.45) is 0 Å². The molecule has 0 saturated heterocycles. The van der Waals surface area contributed by atoms with Gasteiger partial charge in [0.1, 0.15) is 5.82 Å². The largest absolute Gasteiger partial charge is 0.370 e. The summed E-state index contributed by atoms with van der Waals surface area (Å²) in [6.45, 7) is 0.782. The van der Waals surface area contributed by atoms with E-state index in [1.54, 1.807) is 0 Å². The van der Waals surface area contributed by atoms with Crippen molar-refractivity contribution in [1.29, 1.82) is 0 Å². The predicted molar refractivity (Wildman–Crippen MR) is 64.9 cm³/mol. The molecule has 0 amide bonds. The van der Waals surface area contributed by atoms with Crippen LogP contribution in [0.5, 0.6) is 0 Å². The molecule has 0 atom stereocenters. The van der Waals surface area contributed by atoms with Crippen LogP contribution in [-0.4, -0.2) is 7.05 Å². The Hall–Kier alpha value is -1.83. The normalized spacial score (nSPS) is 10.1. The smallest absolute Gasteiger partial charge is 0.123 e. The Morgan fingerprint density at radius 2 is 1.56 bits per heavy atom. The van der Waals surface area contributed by atoms with Crippen molar-refractivity contribution in [3.8, 4) is 0 Å². The molecule has 2 aromatic rings. The van der Waals surface area contributed by atoms with E-state index in [0.717, 1.165) is 17.8 Å². The SMILES string of the molecule is CN(Cc1ccc(F)cc1)c1ccccc1. The van der Waals surface area contributed by atoms with Gasteiger partial charge in [0.25, 0.3) is 0 Å². The summed E-state index contributed by atoms with van der Waals surface area (Å²) in [6.07, 6.45) is 0. The first kappa shape index (κ1) is 10.7. The van der Waals surface area contributed by atoms with E-state index in [2.05, 4.69) is 17.0 Å². The van der Waals surface area contributed by atoms with E-state index in [4.69, 9.17) is 0 Å². The molecule has 0 aliphatic rings. The zero-order chi connectivity index (χ0) is 11.4. The molecule has 0 spiro atoms. The van der Waals surface area contributed by atoms with Crippen LogP contribution < -0.4 is 4.90 Å². The molecule has 0 bridgehead atoms. The van der Waals surface area contributed by atoms with Gasteiger partial charge in [-0.1, -0.05) is 30.3 Å². The van der Waals surface area contributed by atoms with Gasteiger partial charge in [-0.2, -0.15) is 0 Å². The first-order valence-electron chi connectivity index (χ1n) is 5.26. The standard InChI is InChI=1S/C14H14FN/c1-16(14-5-3-2-4-6-14)11-12-7-9-13(15)10-8-12/h2-10H,11H2,1H3. The molecule has 0 unspecified atom stereocenters.